The van der Waals surface area contributed by atoms with E-state index in [1.807, 2.05) is 28.9 Å². The van der Waals surface area contributed by atoms with Gasteiger partial charge in [0.2, 0.25) is 0 Å². The Hall–Kier alpha value is -2.15. The van der Waals surface area contributed by atoms with Gasteiger partial charge < -0.3 is 14.9 Å². The molecule has 6 aliphatic rings. The zero-order valence-corrected chi connectivity index (χ0v) is 18.3. The summed E-state index contributed by atoms with van der Waals surface area (Å²) in [6.07, 6.45) is 12.5. The van der Waals surface area contributed by atoms with E-state index in [2.05, 4.69) is 11.1 Å². The van der Waals surface area contributed by atoms with Crippen molar-refractivity contribution in [1.29, 1.82) is 5.26 Å². The monoisotopic (exact) mass is 444 g/mol. The predicted octanol–water partition coefficient (Wildman–Crippen LogP) is 2.80. The molecule has 0 atom stereocenters. The van der Waals surface area contributed by atoms with Gasteiger partial charge in [0.1, 0.15) is 11.4 Å². The van der Waals surface area contributed by atoms with Gasteiger partial charge in [0, 0.05) is 30.1 Å². The van der Waals surface area contributed by atoms with Gasteiger partial charge in [-0.25, -0.2) is 4.98 Å². The van der Waals surface area contributed by atoms with Crippen LogP contribution in [0.1, 0.15) is 44.9 Å². The highest BCUT2D eigenvalue weighted by Gasteiger charge is 2.68. The molecule has 6 aliphatic carbocycles. The lowest BCUT2D eigenvalue weighted by Crippen LogP contribution is -2.66. The summed E-state index contributed by atoms with van der Waals surface area (Å²) in [6, 6.07) is 6.24. The third kappa shape index (κ3) is 3.60. The molecule has 2 aromatic heterocycles. The van der Waals surface area contributed by atoms with Crippen LogP contribution in [0.3, 0.4) is 0 Å². The Morgan fingerprint density at radius 2 is 1.87 bits per heavy atom. The summed E-state index contributed by atoms with van der Waals surface area (Å²) in [6.45, 7) is 1.67. The van der Waals surface area contributed by atoms with Crippen LogP contribution in [0.25, 0.3) is 5.65 Å². The van der Waals surface area contributed by atoms with Crippen molar-refractivity contribution in [3.8, 4) is 11.8 Å². The molecule has 8 rings (SSSR count). The predicted molar refractivity (Wildman–Crippen MR) is 114 cm³/mol. The Bertz CT molecular complexity index is 1130. The molecule has 0 amide bonds. The number of hydrogen-bond donors (Lipinski definition) is 2. The van der Waals surface area contributed by atoms with E-state index in [0.29, 0.717) is 17.3 Å². The summed E-state index contributed by atoms with van der Waals surface area (Å²) in [5, 5.41) is 8.71. The Balaban J connectivity index is 0.000000140. The van der Waals surface area contributed by atoms with Crippen molar-refractivity contribution in [1.82, 2.24) is 9.38 Å². The van der Waals surface area contributed by atoms with Gasteiger partial charge in [-0.2, -0.15) is 13.7 Å². The minimum absolute atomic E-state index is 0.0749. The van der Waals surface area contributed by atoms with Crippen molar-refractivity contribution >= 4 is 15.8 Å². The molecule has 2 aromatic rings. The molecule has 0 saturated heterocycles. The number of imidazole rings is 1. The van der Waals surface area contributed by atoms with Crippen LogP contribution in [0, 0.1) is 33.0 Å². The lowest BCUT2D eigenvalue weighted by atomic mass is 9.35. The topological polar surface area (TPSA) is 131 Å². The number of fused-ring (bicyclic) bond motifs is 1. The fourth-order valence-corrected chi connectivity index (χ4v) is 7.24. The number of rotatable bonds is 7. The van der Waals surface area contributed by atoms with Gasteiger partial charge in [-0.15, -0.1) is 0 Å². The quantitative estimate of drug-likeness (QED) is 0.628. The van der Waals surface area contributed by atoms with Crippen LogP contribution in [-0.2, 0) is 10.1 Å². The largest absolute Gasteiger partial charge is 0.493 e. The van der Waals surface area contributed by atoms with Gasteiger partial charge in [-0.3, -0.25) is 4.55 Å². The molecular weight excluding hydrogens is 416 g/mol. The zero-order valence-electron chi connectivity index (χ0n) is 17.5. The van der Waals surface area contributed by atoms with E-state index in [-0.39, 0.29) is 16.6 Å². The van der Waals surface area contributed by atoms with Crippen LogP contribution >= 0.6 is 0 Å². The minimum Gasteiger partial charge on any atom is -0.493 e. The molecule has 0 aromatic carbocycles. The molecule has 0 radical (unpaired) electrons. The summed E-state index contributed by atoms with van der Waals surface area (Å²) in [5.41, 5.74) is 7.57. The van der Waals surface area contributed by atoms with Crippen molar-refractivity contribution in [3.05, 3.63) is 30.7 Å². The highest BCUT2D eigenvalue weighted by atomic mass is 32.2. The molecule has 3 N–H and O–H groups in total. The summed E-state index contributed by atoms with van der Waals surface area (Å²) in [7, 11) is -3.82. The molecule has 0 spiro atoms. The van der Waals surface area contributed by atoms with Crippen molar-refractivity contribution in [3.63, 3.8) is 0 Å². The Kier molecular flexibility index (Phi) is 4.46. The lowest BCUT2D eigenvalue weighted by Gasteiger charge is -2.70. The highest BCUT2D eigenvalue weighted by Crippen LogP contribution is 2.74. The first-order valence-electron chi connectivity index (χ1n) is 10.7. The first-order valence-corrected chi connectivity index (χ1v) is 12.3. The van der Waals surface area contributed by atoms with Crippen molar-refractivity contribution in [2.75, 3.05) is 18.9 Å². The summed E-state index contributed by atoms with van der Waals surface area (Å²) >= 11 is 0. The molecule has 8 nitrogen and oxygen atoms in total. The molecule has 0 aliphatic heterocycles. The van der Waals surface area contributed by atoms with Crippen LogP contribution < -0.4 is 10.5 Å². The van der Waals surface area contributed by atoms with E-state index in [0.717, 1.165) is 43.8 Å². The molecule has 9 heteroatoms. The third-order valence-electron chi connectivity index (χ3n) is 7.87. The fourth-order valence-electron chi connectivity index (χ4n) is 6.55. The minimum atomic E-state index is -3.82. The fraction of sp³-hybridized carbons (Fsp3) is 0.636. The maximum Gasteiger partial charge on any atom is 0.264 e. The van der Waals surface area contributed by atoms with E-state index in [9.17, 15) is 8.42 Å². The number of aromatic nitrogens is 2. The number of hydrogen-bond acceptors (Lipinski definition) is 6. The summed E-state index contributed by atoms with van der Waals surface area (Å²) < 4.78 is 37.4. The van der Waals surface area contributed by atoms with Gasteiger partial charge in [0.15, 0.2) is 0 Å². The van der Waals surface area contributed by atoms with E-state index >= 15 is 0 Å². The maximum atomic E-state index is 10.5. The SMILES string of the molecule is N#CC12CC(CCS(=O)(=O)O)(C1)C2.NCC12CC(COc3ccn4ccnc4c3)(C1)C2. The Labute approximate surface area is 182 Å². The van der Waals surface area contributed by atoms with Crippen LogP contribution in [0.5, 0.6) is 5.75 Å². The summed E-state index contributed by atoms with van der Waals surface area (Å²) in [4.78, 5) is 4.26. The van der Waals surface area contributed by atoms with E-state index in [1.165, 1.54) is 19.3 Å². The first-order chi connectivity index (χ1) is 14.6. The molecular formula is C22H28N4O4S. The second-order valence-corrected chi connectivity index (χ2v) is 12.1. The molecule has 0 unspecified atom stereocenters. The van der Waals surface area contributed by atoms with E-state index in [1.54, 1.807) is 6.20 Å². The number of nitrogens with two attached hydrogens (primary N) is 1. The van der Waals surface area contributed by atoms with Gasteiger partial charge in [0.05, 0.1) is 23.8 Å². The van der Waals surface area contributed by atoms with E-state index < -0.39 is 10.1 Å². The zero-order chi connectivity index (χ0) is 22.0. The normalized spacial score (nSPS) is 36.5. The average molecular weight is 445 g/mol. The maximum absolute atomic E-state index is 10.5. The standard InChI is InChI=1S/C14H17N3O.C8H11NO3S/c15-9-13-6-14(7-13,8-13)10-18-11-1-3-17-4-2-16-12(17)5-11;9-6-8-3-7(4-8,5-8)1-2-13(10,11)12/h1-5H,6-10,15H2;1-5H2,(H,10,11,12). The van der Waals surface area contributed by atoms with Gasteiger partial charge in [-0.1, -0.05) is 0 Å². The number of ether oxygens (including phenoxy) is 1. The van der Waals surface area contributed by atoms with Crippen molar-refractivity contribution < 1.29 is 17.7 Å². The molecule has 2 heterocycles. The van der Waals surface area contributed by atoms with Gasteiger partial charge in [0.25, 0.3) is 10.1 Å². The van der Waals surface area contributed by atoms with Gasteiger partial charge in [-0.05, 0) is 68.4 Å². The second-order valence-electron chi connectivity index (χ2n) is 10.5. The smallest absolute Gasteiger partial charge is 0.264 e. The number of pyridine rings is 1. The van der Waals surface area contributed by atoms with Crippen LogP contribution in [-0.4, -0.2) is 41.3 Å². The Morgan fingerprint density at radius 3 is 2.48 bits per heavy atom. The molecule has 6 fully saturated rings. The molecule has 166 valence electrons. The second kappa shape index (κ2) is 6.67. The van der Waals surface area contributed by atoms with E-state index in [4.69, 9.17) is 20.3 Å². The molecule has 31 heavy (non-hydrogen) atoms. The molecule has 4 bridgehead atoms. The first kappa shape index (κ1) is 20.7. The molecule has 6 saturated carbocycles. The van der Waals surface area contributed by atoms with Gasteiger partial charge >= 0.3 is 0 Å². The highest BCUT2D eigenvalue weighted by molar-refractivity contribution is 7.85. The Morgan fingerprint density at radius 1 is 1.16 bits per heavy atom. The van der Waals surface area contributed by atoms with Crippen molar-refractivity contribution in [2.24, 2.45) is 27.4 Å². The van der Waals surface area contributed by atoms with Crippen LogP contribution in [0.2, 0.25) is 0 Å². The van der Waals surface area contributed by atoms with Crippen LogP contribution in [0.4, 0.5) is 0 Å². The lowest BCUT2D eigenvalue weighted by molar-refractivity contribution is -0.211. The average Bonchev–Trinajstić information content (AvgIpc) is 3.05. The third-order valence-corrected chi connectivity index (χ3v) is 8.59. The number of nitriles is 1. The van der Waals surface area contributed by atoms with Crippen LogP contribution in [0.15, 0.2) is 30.7 Å². The summed E-state index contributed by atoms with van der Waals surface area (Å²) in [5.74, 6) is 0.759. The van der Waals surface area contributed by atoms with Crippen molar-refractivity contribution in [2.45, 2.75) is 44.9 Å². The number of nitrogens with zero attached hydrogens (tertiary/aromatic N) is 3.